The molecule has 0 aromatic rings. The van der Waals surface area contributed by atoms with Crippen LogP contribution < -0.4 is 11.1 Å². The smallest absolute Gasteiger partial charge is 0.245 e. The second-order valence-corrected chi connectivity index (χ2v) is 6.92. The Kier molecular flexibility index (Phi) is 3.61. The summed E-state index contributed by atoms with van der Waals surface area (Å²) in [4.78, 5) is 11.8. The molecular weight excluding hydrogens is 236 g/mol. The molecule has 1 saturated heterocycles. The molecule has 3 nitrogen and oxygen atoms in total. The molecule has 0 spiro atoms. The molecule has 0 saturated carbocycles. The number of piperidine rings is 1. The van der Waals surface area contributed by atoms with E-state index in [1.165, 1.54) is 18.4 Å². The van der Waals surface area contributed by atoms with Crippen LogP contribution in [0.5, 0.6) is 0 Å². The Bertz CT molecular complexity index is 438. The minimum absolute atomic E-state index is 0.0689. The van der Waals surface area contributed by atoms with E-state index in [-0.39, 0.29) is 16.7 Å². The van der Waals surface area contributed by atoms with Crippen molar-refractivity contribution in [3.05, 3.63) is 23.3 Å². The third kappa shape index (κ3) is 2.48. The van der Waals surface area contributed by atoms with Gasteiger partial charge in [0.1, 0.15) is 0 Å². The SMILES string of the molecule is CC1(C)C=C(C2CCCCN2)C=C(C(N)=O)C1(C)C. The van der Waals surface area contributed by atoms with E-state index in [1.54, 1.807) is 0 Å². The first-order valence-electron chi connectivity index (χ1n) is 7.24. The van der Waals surface area contributed by atoms with E-state index in [0.717, 1.165) is 18.5 Å². The van der Waals surface area contributed by atoms with Crippen LogP contribution in [0.4, 0.5) is 0 Å². The lowest BCUT2D eigenvalue weighted by atomic mass is 9.59. The zero-order chi connectivity index (χ0) is 14.3. The average molecular weight is 262 g/mol. The standard InChI is InChI=1S/C16H26N2O/c1-15(2)10-11(13-7-5-6-8-18-13)9-12(14(17)19)16(15,3)4/h9-10,13,18H,5-8H2,1-4H3,(H2,17,19). The molecule has 0 radical (unpaired) electrons. The largest absolute Gasteiger partial charge is 0.366 e. The number of carbonyl (C=O) groups is 1. The van der Waals surface area contributed by atoms with Gasteiger partial charge in [0.15, 0.2) is 0 Å². The second-order valence-electron chi connectivity index (χ2n) is 6.92. The van der Waals surface area contributed by atoms with Crippen molar-refractivity contribution in [1.29, 1.82) is 0 Å². The van der Waals surface area contributed by atoms with Gasteiger partial charge >= 0.3 is 0 Å². The molecule has 1 aliphatic heterocycles. The van der Waals surface area contributed by atoms with E-state index in [9.17, 15) is 4.79 Å². The van der Waals surface area contributed by atoms with Gasteiger partial charge in [0.05, 0.1) is 0 Å². The lowest BCUT2D eigenvalue weighted by molar-refractivity contribution is -0.116. The summed E-state index contributed by atoms with van der Waals surface area (Å²) in [6.07, 6.45) is 7.98. The van der Waals surface area contributed by atoms with Gasteiger partial charge in [-0.25, -0.2) is 0 Å². The zero-order valence-corrected chi connectivity index (χ0v) is 12.5. The highest BCUT2D eigenvalue weighted by molar-refractivity contribution is 5.94. The van der Waals surface area contributed by atoms with Crippen LogP contribution in [0, 0.1) is 10.8 Å². The Morgan fingerprint density at radius 1 is 1.32 bits per heavy atom. The number of nitrogens with two attached hydrogens (primary N) is 1. The van der Waals surface area contributed by atoms with Crippen molar-refractivity contribution < 1.29 is 4.79 Å². The number of hydrogen-bond acceptors (Lipinski definition) is 2. The molecular formula is C16H26N2O. The van der Waals surface area contributed by atoms with Crippen molar-refractivity contribution in [1.82, 2.24) is 5.32 Å². The maximum atomic E-state index is 11.8. The molecule has 2 rings (SSSR count). The van der Waals surface area contributed by atoms with Crippen molar-refractivity contribution in [2.45, 2.75) is 53.0 Å². The van der Waals surface area contributed by atoms with Crippen LogP contribution >= 0.6 is 0 Å². The Labute approximate surface area is 116 Å². The minimum Gasteiger partial charge on any atom is -0.366 e. The van der Waals surface area contributed by atoms with Gasteiger partial charge < -0.3 is 11.1 Å². The van der Waals surface area contributed by atoms with Gasteiger partial charge in [-0.1, -0.05) is 40.2 Å². The Morgan fingerprint density at radius 2 is 2.00 bits per heavy atom. The van der Waals surface area contributed by atoms with E-state index in [0.29, 0.717) is 6.04 Å². The van der Waals surface area contributed by atoms with Crippen molar-refractivity contribution in [2.24, 2.45) is 16.6 Å². The molecule has 1 unspecified atom stereocenters. The highest BCUT2D eigenvalue weighted by atomic mass is 16.1. The van der Waals surface area contributed by atoms with Crippen molar-refractivity contribution in [2.75, 3.05) is 6.54 Å². The van der Waals surface area contributed by atoms with Crippen molar-refractivity contribution >= 4 is 5.91 Å². The summed E-state index contributed by atoms with van der Waals surface area (Å²) in [5, 5.41) is 3.55. The summed E-state index contributed by atoms with van der Waals surface area (Å²) in [6, 6.07) is 0.374. The molecule has 1 atom stereocenters. The van der Waals surface area contributed by atoms with E-state index in [2.05, 4.69) is 39.1 Å². The third-order valence-corrected chi connectivity index (χ3v) is 5.10. The van der Waals surface area contributed by atoms with Gasteiger partial charge in [0.2, 0.25) is 5.91 Å². The predicted molar refractivity (Wildman–Crippen MR) is 78.6 cm³/mol. The number of rotatable bonds is 2. The van der Waals surface area contributed by atoms with Gasteiger partial charge in [0, 0.05) is 17.0 Å². The van der Waals surface area contributed by atoms with Gasteiger partial charge in [-0.05, 0) is 36.5 Å². The lowest BCUT2D eigenvalue weighted by Crippen LogP contribution is -2.43. The number of primary amides is 1. The number of hydrogen-bond donors (Lipinski definition) is 2. The predicted octanol–water partition coefficient (Wildman–Crippen LogP) is 2.53. The molecule has 1 aliphatic carbocycles. The summed E-state index contributed by atoms with van der Waals surface area (Å²) in [5.41, 5.74) is 7.29. The second kappa shape index (κ2) is 4.78. The molecule has 1 amide bonds. The molecule has 19 heavy (non-hydrogen) atoms. The molecule has 2 aliphatic rings. The molecule has 1 heterocycles. The van der Waals surface area contributed by atoms with Crippen LogP contribution in [0.15, 0.2) is 23.3 Å². The highest BCUT2D eigenvalue weighted by Crippen LogP contribution is 2.49. The van der Waals surface area contributed by atoms with Gasteiger partial charge in [0.25, 0.3) is 0 Å². The molecule has 0 bridgehead atoms. The summed E-state index contributed by atoms with van der Waals surface area (Å²) in [5.74, 6) is -0.292. The van der Waals surface area contributed by atoms with Crippen LogP contribution in [0.2, 0.25) is 0 Å². The van der Waals surface area contributed by atoms with Crippen molar-refractivity contribution in [3.63, 3.8) is 0 Å². The number of amides is 1. The maximum Gasteiger partial charge on any atom is 0.245 e. The van der Waals surface area contributed by atoms with Crippen LogP contribution in [0.1, 0.15) is 47.0 Å². The molecule has 106 valence electrons. The van der Waals surface area contributed by atoms with E-state index in [4.69, 9.17) is 5.73 Å². The normalized spacial score (nSPS) is 29.4. The first-order chi connectivity index (χ1) is 8.75. The fourth-order valence-electron chi connectivity index (χ4n) is 3.05. The first kappa shape index (κ1) is 14.3. The topological polar surface area (TPSA) is 55.1 Å². The van der Waals surface area contributed by atoms with Gasteiger partial charge in [-0.2, -0.15) is 0 Å². The quantitative estimate of drug-likeness (QED) is 0.803. The maximum absolute atomic E-state index is 11.8. The number of nitrogens with one attached hydrogen (secondary N) is 1. The summed E-state index contributed by atoms with van der Waals surface area (Å²) in [6.45, 7) is 9.64. The summed E-state index contributed by atoms with van der Waals surface area (Å²) >= 11 is 0. The van der Waals surface area contributed by atoms with Gasteiger partial charge in [-0.15, -0.1) is 0 Å². The number of carbonyl (C=O) groups excluding carboxylic acids is 1. The van der Waals surface area contributed by atoms with Crippen molar-refractivity contribution in [3.8, 4) is 0 Å². The van der Waals surface area contributed by atoms with Crippen LogP contribution in [0.3, 0.4) is 0 Å². The zero-order valence-electron chi connectivity index (χ0n) is 12.5. The Hall–Kier alpha value is -1.09. The highest BCUT2D eigenvalue weighted by Gasteiger charge is 2.43. The summed E-state index contributed by atoms with van der Waals surface area (Å²) in [7, 11) is 0. The van der Waals surface area contributed by atoms with Crippen LogP contribution in [0.25, 0.3) is 0 Å². The molecule has 3 heteroatoms. The molecule has 1 fully saturated rings. The van der Waals surface area contributed by atoms with E-state index in [1.807, 2.05) is 6.08 Å². The van der Waals surface area contributed by atoms with Gasteiger partial charge in [-0.3, -0.25) is 4.79 Å². The summed E-state index contributed by atoms with van der Waals surface area (Å²) < 4.78 is 0. The molecule has 0 aromatic heterocycles. The molecule has 0 aromatic carbocycles. The average Bonchev–Trinajstić information content (AvgIpc) is 2.33. The van der Waals surface area contributed by atoms with E-state index >= 15 is 0 Å². The molecule has 3 N–H and O–H groups in total. The fraction of sp³-hybridized carbons (Fsp3) is 0.688. The fourth-order valence-corrected chi connectivity index (χ4v) is 3.05. The van der Waals surface area contributed by atoms with E-state index < -0.39 is 0 Å². The third-order valence-electron chi connectivity index (χ3n) is 5.10. The van der Waals surface area contributed by atoms with Crippen LogP contribution in [-0.4, -0.2) is 18.5 Å². The number of allylic oxidation sites excluding steroid dienone is 1. The van der Waals surface area contributed by atoms with Crippen LogP contribution in [-0.2, 0) is 4.79 Å². The minimum atomic E-state index is -0.292. The monoisotopic (exact) mass is 262 g/mol. The lowest BCUT2D eigenvalue weighted by Gasteiger charge is -2.45. The Balaban J connectivity index is 2.39. The Morgan fingerprint density at radius 3 is 2.53 bits per heavy atom. The first-order valence-corrected chi connectivity index (χ1v) is 7.24.